The minimum absolute atomic E-state index is 0.0475. The van der Waals surface area contributed by atoms with Gasteiger partial charge in [-0.2, -0.15) is 0 Å². The van der Waals surface area contributed by atoms with E-state index in [9.17, 15) is 24.6 Å². The predicted molar refractivity (Wildman–Crippen MR) is 160 cm³/mol. The number of aromatic nitrogens is 2. The highest BCUT2D eigenvalue weighted by molar-refractivity contribution is 6.07. The molecule has 42 heavy (non-hydrogen) atoms. The van der Waals surface area contributed by atoms with Gasteiger partial charge in [0, 0.05) is 24.4 Å². The first-order valence-electron chi connectivity index (χ1n) is 14.3. The molecule has 0 spiro atoms. The van der Waals surface area contributed by atoms with Crippen LogP contribution in [0.25, 0.3) is 16.6 Å². The topological polar surface area (TPSA) is 119 Å². The maximum absolute atomic E-state index is 13.9. The van der Waals surface area contributed by atoms with Gasteiger partial charge in [-0.1, -0.05) is 61.5 Å². The molecule has 0 bridgehead atoms. The van der Waals surface area contributed by atoms with Crippen LogP contribution in [0.4, 0.5) is 5.69 Å². The molecule has 9 heteroatoms. The summed E-state index contributed by atoms with van der Waals surface area (Å²) in [7, 11) is 0. The van der Waals surface area contributed by atoms with E-state index in [1.54, 1.807) is 47.1 Å². The Kier molecular flexibility index (Phi) is 7.30. The van der Waals surface area contributed by atoms with Crippen LogP contribution in [0.3, 0.4) is 0 Å². The van der Waals surface area contributed by atoms with Crippen molar-refractivity contribution in [1.29, 1.82) is 0 Å². The van der Waals surface area contributed by atoms with Crippen LogP contribution < -0.4 is 10.5 Å². The van der Waals surface area contributed by atoms with Crippen LogP contribution in [-0.4, -0.2) is 55.9 Å². The summed E-state index contributed by atoms with van der Waals surface area (Å²) in [4.78, 5) is 42.9. The summed E-state index contributed by atoms with van der Waals surface area (Å²) in [5.74, 6) is -1.12. The lowest BCUT2D eigenvalue weighted by atomic mass is 9.83. The van der Waals surface area contributed by atoms with Gasteiger partial charge in [0.2, 0.25) is 5.91 Å². The van der Waals surface area contributed by atoms with Crippen molar-refractivity contribution in [3.05, 3.63) is 106 Å². The normalized spacial score (nSPS) is 21.0. The third-order valence-corrected chi connectivity index (χ3v) is 8.56. The van der Waals surface area contributed by atoms with E-state index in [4.69, 9.17) is 0 Å². The molecular formula is C33H34N4O5. The number of H-pyrrole nitrogens is 1. The number of hydrogen-bond donors (Lipinski definition) is 3. The van der Waals surface area contributed by atoms with Gasteiger partial charge >= 0.3 is 0 Å². The zero-order valence-corrected chi connectivity index (χ0v) is 23.4. The Morgan fingerprint density at radius 3 is 2.69 bits per heavy atom. The van der Waals surface area contributed by atoms with Crippen molar-refractivity contribution in [2.45, 2.75) is 44.4 Å². The molecule has 1 fully saturated rings. The Morgan fingerprint density at radius 2 is 1.88 bits per heavy atom. The van der Waals surface area contributed by atoms with E-state index in [0.717, 1.165) is 23.9 Å². The number of benzene rings is 3. The molecule has 3 N–H and O–H groups in total. The molecule has 3 heterocycles. The second kappa shape index (κ2) is 11.1. The minimum Gasteiger partial charge on any atom is -0.394 e. The van der Waals surface area contributed by atoms with Crippen LogP contribution in [0, 0.1) is 5.92 Å². The molecule has 2 aliphatic heterocycles. The number of hydrogen-bond acceptors (Lipinski definition) is 5. The molecule has 3 aromatic carbocycles. The van der Waals surface area contributed by atoms with Crippen LogP contribution >= 0.6 is 0 Å². The molecule has 9 nitrogen and oxygen atoms in total. The summed E-state index contributed by atoms with van der Waals surface area (Å²) in [5.41, 5.74) is 1.35. The third kappa shape index (κ3) is 4.64. The number of nitrogens with zero attached hydrogens (tertiary/aromatic N) is 3. The zero-order valence-electron chi connectivity index (χ0n) is 23.4. The Labute approximate surface area is 243 Å². The maximum atomic E-state index is 13.9. The first-order chi connectivity index (χ1) is 20.3. The van der Waals surface area contributed by atoms with Gasteiger partial charge < -0.3 is 20.0 Å². The summed E-state index contributed by atoms with van der Waals surface area (Å²) in [5, 5.41) is 25.2. The fourth-order valence-electron chi connectivity index (χ4n) is 6.26. The monoisotopic (exact) mass is 566 g/mol. The minimum atomic E-state index is -1.80. The molecule has 4 aromatic rings. The van der Waals surface area contributed by atoms with E-state index < -0.39 is 17.4 Å². The fraction of sp³-hybridized carbons (Fsp3) is 0.303. The Balaban J connectivity index is 1.24. The average molecular weight is 567 g/mol. The van der Waals surface area contributed by atoms with Gasteiger partial charge in [-0.3, -0.25) is 19.5 Å². The molecule has 216 valence electrons. The fourth-order valence-corrected chi connectivity index (χ4v) is 6.26. The lowest BCUT2D eigenvalue weighted by Crippen LogP contribution is -2.44. The van der Waals surface area contributed by atoms with Crippen molar-refractivity contribution in [1.82, 2.24) is 14.7 Å². The number of amides is 2. The number of likely N-dealkylation sites (tertiary alicyclic amines) is 1. The number of fused-ring (bicyclic) bond motifs is 2. The van der Waals surface area contributed by atoms with Crippen LogP contribution in [0.2, 0.25) is 0 Å². The van der Waals surface area contributed by atoms with Gasteiger partial charge in [0.15, 0.2) is 5.60 Å². The molecule has 6 rings (SSSR count). The smallest absolute Gasteiger partial charge is 0.279 e. The summed E-state index contributed by atoms with van der Waals surface area (Å²) >= 11 is 0. The molecule has 3 atom stereocenters. The summed E-state index contributed by atoms with van der Waals surface area (Å²) in [6.07, 6.45) is 5.24. The van der Waals surface area contributed by atoms with E-state index in [-0.39, 0.29) is 37.1 Å². The standard InChI is InChI=1S/C33H34N4O5/c1-22(9-6-17-30(39)35-18-8-12-25(35)21-38)33(42)27-14-3-5-16-29(27)36(32(33)41)20-23-10-7-11-24(19-23)37-31(40)26-13-2-4-15-28(26)34-37/h2-7,9-11,13-16,19,22,25,34,38,42H,8,12,17-18,20-21H2,1H3/b9-6+/t22-,25+,33+/m1/s1. The van der Waals surface area contributed by atoms with Crippen LogP contribution in [-0.2, 0) is 21.7 Å². The van der Waals surface area contributed by atoms with Gasteiger partial charge in [-0.25, -0.2) is 4.68 Å². The molecule has 1 aromatic heterocycles. The first kappa shape index (κ1) is 27.7. The maximum Gasteiger partial charge on any atom is 0.279 e. The largest absolute Gasteiger partial charge is 0.394 e. The van der Waals surface area contributed by atoms with Gasteiger partial charge in [0.1, 0.15) is 0 Å². The van der Waals surface area contributed by atoms with Crippen molar-refractivity contribution in [3.63, 3.8) is 0 Å². The van der Waals surface area contributed by atoms with Gasteiger partial charge in [-0.05, 0) is 48.7 Å². The Morgan fingerprint density at radius 1 is 1.10 bits per heavy atom. The SMILES string of the molecule is C[C@H](/C=C/CC(=O)N1CCC[C@H]1CO)[C@@]1(O)C(=O)N(Cc2cccc(-n3[nH]c4ccccc4c3=O)c2)c2ccccc21. The van der Waals surface area contributed by atoms with Crippen molar-refractivity contribution in [2.24, 2.45) is 5.92 Å². The third-order valence-electron chi connectivity index (χ3n) is 8.56. The molecule has 2 aliphatic rings. The van der Waals surface area contributed by atoms with E-state index in [2.05, 4.69) is 5.10 Å². The van der Waals surface area contributed by atoms with Gasteiger partial charge in [0.05, 0.1) is 41.5 Å². The summed E-state index contributed by atoms with van der Waals surface area (Å²) in [6, 6.07) is 21.8. The van der Waals surface area contributed by atoms with Crippen LogP contribution in [0.5, 0.6) is 0 Å². The highest BCUT2D eigenvalue weighted by Crippen LogP contribution is 2.45. The highest BCUT2D eigenvalue weighted by Gasteiger charge is 2.52. The van der Waals surface area contributed by atoms with Gasteiger partial charge in [-0.15, -0.1) is 0 Å². The second-order valence-corrected chi connectivity index (χ2v) is 11.1. The van der Waals surface area contributed by atoms with Gasteiger partial charge in [0.25, 0.3) is 11.5 Å². The van der Waals surface area contributed by atoms with E-state index in [1.807, 2.05) is 54.6 Å². The Bertz CT molecular complexity index is 1740. The quantitative estimate of drug-likeness (QED) is 0.282. The molecule has 0 radical (unpaired) electrons. The second-order valence-electron chi connectivity index (χ2n) is 11.1. The number of aliphatic hydroxyl groups excluding tert-OH is 1. The van der Waals surface area contributed by atoms with Crippen LogP contribution in [0.1, 0.15) is 37.3 Å². The zero-order chi connectivity index (χ0) is 29.4. The summed E-state index contributed by atoms with van der Waals surface area (Å²) in [6.45, 7) is 2.56. The lowest BCUT2D eigenvalue weighted by Gasteiger charge is -2.28. The molecule has 1 saturated heterocycles. The Hall–Kier alpha value is -4.47. The van der Waals surface area contributed by atoms with Crippen molar-refractivity contribution in [2.75, 3.05) is 18.1 Å². The number of carbonyl (C=O) groups is 2. The number of aliphatic hydroxyl groups is 2. The number of carbonyl (C=O) groups excluding carboxylic acids is 2. The van der Waals surface area contributed by atoms with E-state index in [0.29, 0.717) is 28.9 Å². The molecule has 0 unspecified atom stereocenters. The first-order valence-corrected chi connectivity index (χ1v) is 14.3. The van der Waals surface area contributed by atoms with Crippen molar-refractivity contribution >= 4 is 28.4 Å². The highest BCUT2D eigenvalue weighted by atomic mass is 16.3. The molecule has 2 amide bonds. The summed E-state index contributed by atoms with van der Waals surface area (Å²) < 4.78 is 1.49. The number of anilines is 1. The number of rotatable bonds is 8. The molecule has 0 aliphatic carbocycles. The number of aromatic amines is 1. The molecule has 0 saturated carbocycles. The van der Waals surface area contributed by atoms with E-state index >= 15 is 0 Å². The van der Waals surface area contributed by atoms with Crippen LogP contribution in [0.15, 0.2) is 89.7 Å². The van der Waals surface area contributed by atoms with E-state index in [1.165, 1.54) is 4.68 Å². The molecular weight excluding hydrogens is 532 g/mol. The van der Waals surface area contributed by atoms with Crippen molar-refractivity contribution in [3.8, 4) is 5.69 Å². The van der Waals surface area contributed by atoms with Crippen molar-refractivity contribution < 1.29 is 19.8 Å². The average Bonchev–Trinajstić information content (AvgIpc) is 3.69. The lowest BCUT2D eigenvalue weighted by molar-refractivity contribution is -0.139. The number of nitrogens with one attached hydrogen (secondary N) is 1. The predicted octanol–water partition coefficient (Wildman–Crippen LogP) is 3.62. The number of para-hydroxylation sites is 2.